The maximum Gasteiger partial charge on any atom is 0.410 e. The van der Waals surface area contributed by atoms with Crippen molar-refractivity contribution in [3.63, 3.8) is 0 Å². The van der Waals surface area contributed by atoms with Gasteiger partial charge in [-0.25, -0.2) is 18.2 Å². The van der Waals surface area contributed by atoms with Crippen LogP contribution in [0.1, 0.15) is 36.7 Å². The van der Waals surface area contributed by atoms with E-state index in [9.17, 15) is 18.0 Å². The molecule has 2 atom stereocenters. The number of hydrogen-bond donors (Lipinski definition) is 1. The van der Waals surface area contributed by atoms with Gasteiger partial charge in [-0.15, -0.1) is 0 Å². The van der Waals surface area contributed by atoms with Crippen LogP contribution in [-0.2, 0) is 26.0 Å². The second-order valence-electron chi connectivity index (χ2n) is 10.4. The monoisotopic (exact) mass is 541 g/mol. The predicted octanol–water partition coefficient (Wildman–Crippen LogP) is 2.27. The van der Waals surface area contributed by atoms with Gasteiger partial charge in [0, 0.05) is 38.2 Å². The van der Waals surface area contributed by atoms with Crippen LogP contribution in [0.4, 0.5) is 4.79 Å². The van der Waals surface area contributed by atoms with E-state index >= 15 is 0 Å². The average Bonchev–Trinajstić information content (AvgIpc) is 3.53. The van der Waals surface area contributed by atoms with Gasteiger partial charge < -0.3 is 24.1 Å². The number of fused-ring (bicyclic) bond motifs is 2. The molecule has 5 rings (SSSR count). The highest BCUT2D eigenvalue weighted by Gasteiger charge is 2.47. The van der Waals surface area contributed by atoms with Crippen LogP contribution in [0.15, 0.2) is 59.9 Å². The number of pyridine rings is 1. The van der Waals surface area contributed by atoms with Crippen molar-refractivity contribution in [2.75, 3.05) is 26.2 Å². The van der Waals surface area contributed by atoms with Crippen molar-refractivity contribution in [3.05, 3.63) is 66.1 Å². The molecule has 4 heterocycles. The third kappa shape index (κ3) is 5.38. The molecule has 0 spiro atoms. The maximum atomic E-state index is 13.5. The average molecular weight is 542 g/mol. The molecule has 2 aliphatic rings. The van der Waals surface area contributed by atoms with Crippen molar-refractivity contribution in [2.45, 2.75) is 50.0 Å². The summed E-state index contributed by atoms with van der Waals surface area (Å²) < 4.78 is 41.5. The number of sulfonamides is 1. The fourth-order valence-electron chi connectivity index (χ4n) is 4.68. The van der Waals surface area contributed by atoms with Gasteiger partial charge in [-0.3, -0.25) is 4.79 Å². The minimum Gasteiger partial charge on any atom is -0.444 e. The van der Waals surface area contributed by atoms with Gasteiger partial charge in [-0.2, -0.15) is 4.31 Å². The Labute approximate surface area is 221 Å². The number of likely N-dealkylation sites (tertiary alicyclic amines) is 1. The smallest absolute Gasteiger partial charge is 0.410 e. The zero-order valence-electron chi connectivity index (χ0n) is 21.5. The van der Waals surface area contributed by atoms with E-state index in [4.69, 9.17) is 9.47 Å². The van der Waals surface area contributed by atoms with Crippen molar-refractivity contribution >= 4 is 27.7 Å². The van der Waals surface area contributed by atoms with Gasteiger partial charge in [-0.1, -0.05) is 12.1 Å². The fraction of sp³-hybridized carbons (Fsp3) is 0.423. The van der Waals surface area contributed by atoms with Crippen molar-refractivity contribution in [1.82, 2.24) is 23.9 Å². The summed E-state index contributed by atoms with van der Waals surface area (Å²) in [5, 5.41) is 2.86. The Hall–Kier alpha value is -3.48. The first-order valence-corrected chi connectivity index (χ1v) is 13.9. The number of imidazole rings is 1. The van der Waals surface area contributed by atoms with E-state index in [2.05, 4.69) is 10.3 Å². The normalized spacial score (nSPS) is 20.3. The van der Waals surface area contributed by atoms with E-state index in [-0.39, 0.29) is 43.6 Å². The standard InChI is InChI=1S/C26H31N5O6S/c1-26(2,3)37-25(33)30-16-21-22(17-30)36-13-12-31(21)38(34,35)20-7-4-18(5-8-20)14-28-24(32)19-6-9-23-27-10-11-29(23)15-19/h4-11,15,21-22H,12-14,16-17H2,1-3H3,(H,28,32)/t21-,22+/m0/s1. The van der Waals surface area contributed by atoms with Gasteiger partial charge in [0.25, 0.3) is 5.91 Å². The molecule has 38 heavy (non-hydrogen) atoms. The SMILES string of the molecule is CC(C)(C)OC(=O)N1C[C@H]2OCCN(S(=O)(=O)c3ccc(CNC(=O)c4ccc5nccn5c4)cc3)[C@H]2C1. The summed E-state index contributed by atoms with van der Waals surface area (Å²) >= 11 is 0. The number of amides is 2. The van der Waals surface area contributed by atoms with Crippen molar-refractivity contribution in [1.29, 1.82) is 0 Å². The molecular weight excluding hydrogens is 510 g/mol. The summed E-state index contributed by atoms with van der Waals surface area (Å²) in [6.07, 6.45) is 4.23. The zero-order chi connectivity index (χ0) is 27.1. The van der Waals surface area contributed by atoms with E-state index in [1.54, 1.807) is 80.2 Å². The summed E-state index contributed by atoms with van der Waals surface area (Å²) in [6, 6.07) is 9.43. The molecule has 1 aromatic carbocycles. The van der Waals surface area contributed by atoms with Gasteiger partial charge in [0.15, 0.2) is 0 Å². The molecule has 0 saturated carbocycles. The Kier molecular flexibility index (Phi) is 6.88. The minimum atomic E-state index is -3.83. The van der Waals surface area contributed by atoms with Crippen LogP contribution in [0.25, 0.3) is 5.65 Å². The number of carbonyl (C=O) groups is 2. The molecule has 0 aliphatic carbocycles. The first-order valence-electron chi connectivity index (χ1n) is 12.4. The Morgan fingerprint density at radius 1 is 1.13 bits per heavy atom. The Morgan fingerprint density at radius 2 is 1.89 bits per heavy atom. The number of nitrogens with one attached hydrogen (secondary N) is 1. The molecule has 12 heteroatoms. The lowest BCUT2D eigenvalue weighted by atomic mass is 10.2. The number of ether oxygens (including phenoxy) is 2. The number of aromatic nitrogens is 2. The minimum absolute atomic E-state index is 0.148. The van der Waals surface area contributed by atoms with Crippen molar-refractivity contribution < 1.29 is 27.5 Å². The van der Waals surface area contributed by atoms with Gasteiger partial charge in [-0.05, 0) is 50.6 Å². The summed E-state index contributed by atoms with van der Waals surface area (Å²) in [6.45, 7) is 6.53. The Morgan fingerprint density at radius 3 is 2.63 bits per heavy atom. The number of benzene rings is 1. The van der Waals surface area contributed by atoms with Crippen LogP contribution in [0.3, 0.4) is 0 Å². The second kappa shape index (κ2) is 10.0. The molecular formula is C26H31N5O6S. The highest BCUT2D eigenvalue weighted by Crippen LogP contribution is 2.29. The molecule has 1 N–H and O–H groups in total. The molecule has 0 unspecified atom stereocenters. The van der Waals surface area contributed by atoms with Gasteiger partial charge >= 0.3 is 6.09 Å². The molecule has 202 valence electrons. The van der Waals surface area contributed by atoms with E-state index in [1.165, 1.54) is 9.21 Å². The largest absolute Gasteiger partial charge is 0.444 e. The molecule has 2 amide bonds. The predicted molar refractivity (Wildman–Crippen MR) is 138 cm³/mol. The highest BCUT2D eigenvalue weighted by atomic mass is 32.2. The van der Waals surface area contributed by atoms with Crippen LogP contribution in [0.2, 0.25) is 0 Å². The Bertz CT molecular complexity index is 1450. The molecule has 3 aromatic rings. The number of rotatable bonds is 5. The summed E-state index contributed by atoms with van der Waals surface area (Å²) in [5.41, 5.74) is 1.36. The van der Waals surface area contributed by atoms with Gasteiger partial charge in [0.05, 0.1) is 35.8 Å². The number of morpholine rings is 1. The topological polar surface area (TPSA) is 123 Å². The zero-order valence-corrected chi connectivity index (χ0v) is 22.3. The van der Waals surface area contributed by atoms with Crippen LogP contribution in [0, 0.1) is 0 Å². The molecule has 2 saturated heterocycles. The third-order valence-corrected chi connectivity index (χ3v) is 8.47. The molecule has 2 fully saturated rings. The summed E-state index contributed by atoms with van der Waals surface area (Å²) in [4.78, 5) is 31.0. The molecule has 0 radical (unpaired) electrons. The maximum absolute atomic E-state index is 13.5. The summed E-state index contributed by atoms with van der Waals surface area (Å²) in [5.74, 6) is -0.243. The third-order valence-electron chi connectivity index (χ3n) is 6.54. The molecule has 2 aromatic heterocycles. The lowest BCUT2D eigenvalue weighted by molar-refractivity contribution is -0.0171. The van der Waals surface area contributed by atoms with Gasteiger partial charge in [0.1, 0.15) is 11.2 Å². The molecule has 2 aliphatic heterocycles. The van der Waals surface area contributed by atoms with Crippen LogP contribution < -0.4 is 5.32 Å². The van der Waals surface area contributed by atoms with Crippen LogP contribution in [0.5, 0.6) is 0 Å². The van der Waals surface area contributed by atoms with Crippen molar-refractivity contribution in [2.24, 2.45) is 0 Å². The van der Waals surface area contributed by atoms with Crippen LogP contribution in [-0.4, -0.2) is 83.0 Å². The first-order chi connectivity index (χ1) is 18.0. The summed E-state index contributed by atoms with van der Waals surface area (Å²) in [7, 11) is -3.83. The number of hydrogen-bond acceptors (Lipinski definition) is 7. The molecule has 11 nitrogen and oxygen atoms in total. The molecule has 0 bridgehead atoms. The number of carbonyl (C=O) groups excluding carboxylic acids is 2. The van der Waals surface area contributed by atoms with E-state index in [0.29, 0.717) is 5.56 Å². The van der Waals surface area contributed by atoms with Crippen molar-refractivity contribution in [3.8, 4) is 0 Å². The van der Waals surface area contributed by atoms with E-state index in [0.717, 1.165) is 11.2 Å². The van der Waals surface area contributed by atoms with E-state index < -0.39 is 33.9 Å². The lowest BCUT2D eigenvalue weighted by Crippen LogP contribution is -2.53. The highest BCUT2D eigenvalue weighted by molar-refractivity contribution is 7.89. The quantitative estimate of drug-likeness (QED) is 0.526. The van der Waals surface area contributed by atoms with Gasteiger partial charge in [0.2, 0.25) is 10.0 Å². The second-order valence-corrected chi connectivity index (χ2v) is 12.3. The Balaban J connectivity index is 1.23. The van der Waals surface area contributed by atoms with E-state index in [1.807, 2.05) is 0 Å². The number of nitrogens with zero attached hydrogens (tertiary/aromatic N) is 4. The first kappa shape index (κ1) is 26.1. The fourth-order valence-corrected chi connectivity index (χ4v) is 6.31. The van der Waals surface area contributed by atoms with Crippen LogP contribution >= 0.6 is 0 Å². The lowest BCUT2D eigenvalue weighted by Gasteiger charge is -2.35.